The standard InChI is InChI=1S/C19H18ClN7O/c1-4-28-17-15-12(20)9-22-16(15)25-18(26-17)24-13-6-5-7-14-11(13)8-23-27(14)19(2,3)10-21/h5-9H,4H2,1-3H3,(H2,22,24,25,26). The van der Waals surface area contributed by atoms with Crippen LogP contribution in [0.3, 0.4) is 0 Å². The largest absolute Gasteiger partial charge is 0.477 e. The third-order valence-corrected chi connectivity index (χ3v) is 4.69. The first-order valence-electron chi connectivity index (χ1n) is 8.77. The summed E-state index contributed by atoms with van der Waals surface area (Å²) in [6.45, 7) is 5.98. The Morgan fingerprint density at radius 1 is 1.36 bits per heavy atom. The average molecular weight is 396 g/mol. The Kier molecular flexibility index (Phi) is 4.32. The zero-order valence-corrected chi connectivity index (χ0v) is 16.4. The number of nitrogens with zero attached hydrogens (tertiary/aromatic N) is 5. The van der Waals surface area contributed by atoms with Crippen LogP contribution in [-0.4, -0.2) is 31.3 Å². The maximum atomic E-state index is 9.44. The molecule has 4 rings (SSSR count). The number of nitriles is 1. The molecule has 0 aliphatic carbocycles. The molecule has 1 aromatic carbocycles. The van der Waals surface area contributed by atoms with E-state index in [1.807, 2.05) is 39.0 Å². The molecule has 0 unspecified atom stereocenters. The van der Waals surface area contributed by atoms with Gasteiger partial charge in [-0.05, 0) is 32.9 Å². The summed E-state index contributed by atoms with van der Waals surface area (Å²) < 4.78 is 7.34. The van der Waals surface area contributed by atoms with E-state index in [1.54, 1.807) is 17.1 Å². The van der Waals surface area contributed by atoms with Crippen LogP contribution in [0.15, 0.2) is 30.6 Å². The zero-order chi connectivity index (χ0) is 19.9. The lowest BCUT2D eigenvalue weighted by Crippen LogP contribution is -2.24. The number of aromatic amines is 1. The van der Waals surface area contributed by atoms with Gasteiger partial charge in [0, 0.05) is 11.6 Å². The second kappa shape index (κ2) is 6.69. The molecule has 0 aliphatic heterocycles. The van der Waals surface area contributed by atoms with Gasteiger partial charge in [0.2, 0.25) is 11.8 Å². The van der Waals surface area contributed by atoms with Gasteiger partial charge in [0.25, 0.3) is 0 Å². The summed E-state index contributed by atoms with van der Waals surface area (Å²) in [6.07, 6.45) is 3.38. The van der Waals surface area contributed by atoms with Gasteiger partial charge >= 0.3 is 0 Å². The summed E-state index contributed by atoms with van der Waals surface area (Å²) in [5, 5.41) is 19.1. The monoisotopic (exact) mass is 395 g/mol. The van der Waals surface area contributed by atoms with Gasteiger partial charge in [-0.3, -0.25) is 0 Å². The third kappa shape index (κ3) is 2.90. The molecule has 3 heterocycles. The van der Waals surface area contributed by atoms with Crippen LogP contribution in [0.25, 0.3) is 21.9 Å². The van der Waals surface area contributed by atoms with Crippen LogP contribution in [0.2, 0.25) is 5.02 Å². The molecule has 2 N–H and O–H groups in total. The lowest BCUT2D eigenvalue weighted by atomic mass is 10.1. The first kappa shape index (κ1) is 18.1. The molecule has 3 aromatic heterocycles. The van der Waals surface area contributed by atoms with Crippen molar-refractivity contribution in [2.45, 2.75) is 26.3 Å². The molecule has 0 amide bonds. The summed E-state index contributed by atoms with van der Waals surface area (Å²) in [4.78, 5) is 12.0. The summed E-state index contributed by atoms with van der Waals surface area (Å²) in [5.41, 5.74) is 1.43. The third-order valence-electron chi connectivity index (χ3n) is 4.39. The smallest absolute Gasteiger partial charge is 0.232 e. The predicted molar refractivity (Wildman–Crippen MR) is 108 cm³/mol. The van der Waals surface area contributed by atoms with E-state index < -0.39 is 5.54 Å². The summed E-state index contributed by atoms with van der Waals surface area (Å²) >= 11 is 6.21. The van der Waals surface area contributed by atoms with Gasteiger partial charge in [-0.25, -0.2) is 4.68 Å². The van der Waals surface area contributed by atoms with Crippen molar-refractivity contribution in [3.05, 3.63) is 35.6 Å². The van der Waals surface area contributed by atoms with Crippen LogP contribution in [0.5, 0.6) is 5.88 Å². The van der Waals surface area contributed by atoms with E-state index >= 15 is 0 Å². The van der Waals surface area contributed by atoms with Gasteiger partial charge < -0.3 is 15.0 Å². The first-order chi connectivity index (χ1) is 13.4. The highest BCUT2D eigenvalue weighted by Gasteiger charge is 2.23. The molecule has 0 saturated heterocycles. The molecule has 0 radical (unpaired) electrons. The molecule has 0 spiro atoms. The number of H-pyrrole nitrogens is 1. The Bertz CT molecular complexity index is 1220. The Morgan fingerprint density at radius 3 is 2.93 bits per heavy atom. The fourth-order valence-corrected chi connectivity index (χ4v) is 3.26. The number of nitrogens with one attached hydrogen (secondary N) is 2. The van der Waals surface area contributed by atoms with Crippen molar-refractivity contribution < 1.29 is 4.74 Å². The van der Waals surface area contributed by atoms with E-state index in [0.717, 1.165) is 16.6 Å². The molecule has 9 heteroatoms. The van der Waals surface area contributed by atoms with Crippen LogP contribution < -0.4 is 10.1 Å². The van der Waals surface area contributed by atoms with Crippen LogP contribution >= 0.6 is 11.6 Å². The van der Waals surface area contributed by atoms with Crippen molar-refractivity contribution >= 4 is 45.2 Å². The Hall–Kier alpha value is -3.31. The molecular weight excluding hydrogens is 378 g/mol. The van der Waals surface area contributed by atoms with Crippen molar-refractivity contribution in [2.24, 2.45) is 0 Å². The van der Waals surface area contributed by atoms with E-state index in [0.29, 0.717) is 34.5 Å². The van der Waals surface area contributed by atoms with Gasteiger partial charge in [0.15, 0.2) is 0 Å². The molecule has 28 heavy (non-hydrogen) atoms. The maximum absolute atomic E-state index is 9.44. The second-order valence-corrected chi connectivity index (χ2v) is 7.14. The topological polar surface area (TPSA) is 104 Å². The number of benzene rings is 1. The molecule has 142 valence electrons. The SMILES string of the molecule is CCOc1nc(Nc2cccc3c2cnn3C(C)(C)C#N)nc2[nH]cc(Cl)c12. The van der Waals surface area contributed by atoms with Crippen molar-refractivity contribution in [2.75, 3.05) is 11.9 Å². The Balaban J connectivity index is 1.80. The minimum Gasteiger partial charge on any atom is -0.477 e. The van der Waals surface area contributed by atoms with E-state index in [9.17, 15) is 5.26 Å². The molecule has 0 bridgehead atoms. The van der Waals surface area contributed by atoms with Crippen LogP contribution in [0.4, 0.5) is 11.6 Å². The van der Waals surface area contributed by atoms with Crippen LogP contribution in [0, 0.1) is 11.3 Å². The number of ether oxygens (including phenoxy) is 1. The molecule has 0 fully saturated rings. The number of hydrogen-bond donors (Lipinski definition) is 2. The highest BCUT2D eigenvalue weighted by molar-refractivity contribution is 6.35. The average Bonchev–Trinajstić information content (AvgIpc) is 3.27. The fraction of sp³-hybridized carbons (Fsp3) is 0.263. The number of anilines is 2. The van der Waals surface area contributed by atoms with Crippen LogP contribution in [-0.2, 0) is 5.54 Å². The van der Waals surface area contributed by atoms with Gasteiger partial charge in [0.1, 0.15) is 11.2 Å². The van der Waals surface area contributed by atoms with Gasteiger partial charge in [0.05, 0.1) is 40.5 Å². The van der Waals surface area contributed by atoms with Crippen molar-refractivity contribution in [1.29, 1.82) is 5.26 Å². The molecular formula is C19H18ClN7O. The molecule has 8 nitrogen and oxygen atoms in total. The maximum Gasteiger partial charge on any atom is 0.232 e. The zero-order valence-electron chi connectivity index (χ0n) is 15.6. The summed E-state index contributed by atoms with van der Waals surface area (Å²) in [7, 11) is 0. The Labute approximate surface area is 166 Å². The number of halogens is 1. The van der Waals surface area contributed by atoms with Crippen molar-refractivity contribution in [1.82, 2.24) is 24.7 Å². The second-order valence-electron chi connectivity index (χ2n) is 6.74. The quantitative estimate of drug-likeness (QED) is 0.520. The lowest BCUT2D eigenvalue weighted by Gasteiger charge is -2.17. The minimum atomic E-state index is -0.765. The van der Waals surface area contributed by atoms with Gasteiger partial charge in [-0.15, -0.1) is 0 Å². The minimum absolute atomic E-state index is 0.370. The number of aromatic nitrogens is 5. The van der Waals surface area contributed by atoms with Gasteiger partial charge in [-0.2, -0.15) is 20.3 Å². The molecule has 0 atom stereocenters. The fourth-order valence-electron chi connectivity index (χ4n) is 3.03. The van der Waals surface area contributed by atoms with E-state index in [-0.39, 0.29) is 0 Å². The Morgan fingerprint density at radius 2 is 2.18 bits per heavy atom. The lowest BCUT2D eigenvalue weighted by molar-refractivity contribution is 0.331. The first-order valence-corrected chi connectivity index (χ1v) is 9.15. The molecule has 4 aromatic rings. The van der Waals surface area contributed by atoms with Crippen molar-refractivity contribution in [3.8, 4) is 11.9 Å². The molecule has 0 aliphatic rings. The highest BCUT2D eigenvalue weighted by atomic mass is 35.5. The highest BCUT2D eigenvalue weighted by Crippen LogP contribution is 2.33. The number of hydrogen-bond acceptors (Lipinski definition) is 6. The van der Waals surface area contributed by atoms with Crippen molar-refractivity contribution in [3.63, 3.8) is 0 Å². The molecule has 0 saturated carbocycles. The number of rotatable bonds is 5. The summed E-state index contributed by atoms with van der Waals surface area (Å²) in [6, 6.07) is 7.99. The van der Waals surface area contributed by atoms with Crippen LogP contribution in [0.1, 0.15) is 20.8 Å². The number of fused-ring (bicyclic) bond motifs is 2. The van der Waals surface area contributed by atoms with E-state index in [2.05, 4.69) is 31.4 Å². The van der Waals surface area contributed by atoms with E-state index in [1.165, 1.54) is 0 Å². The predicted octanol–water partition coefficient (Wildman–Crippen LogP) is 4.36. The van der Waals surface area contributed by atoms with Gasteiger partial charge in [-0.1, -0.05) is 17.7 Å². The normalized spacial score (nSPS) is 11.7. The van der Waals surface area contributed by atoms with E-state index in [4.69, 9.17) is 16.3 Å². The summed E-state index contributed by atoms with van der Waals surface area (Å²) in [5.74, 6) is 0.781.